The number of hydrogen-bond donors (Lipinski definition) is 2. The van der Waals surface area contributed by atoms with Crippen LogP contribution in [-0.2, 0) is 24.0 Å². The molecule has 1 aromatic rings. The van der Waals surface area contributed by atoms with Crippen LogP contribution in [-0.4, -0.2) is 94.9 Å². The first-order chi connectivity index (χ1) is 20.1. The van der Waals surface area contributed by atoms with Gasteiger partial charge in [-0.15, -0.1) is 0 Å². The fourth-order valence-corrected chi connectivity index (χ4v) is 5.81. The van der Waals surface area contributed by atoms with Gasteiger partial charge in [-0.2, -0.15) is 0 Å². The molecule has 1 saturated carbocycles. The lowest BCUT2D eigenvalue weighted by Gasteiger charge is -2.36. The molecule has 2 saturated heterocycles. The van der Waals surface area contributed by atoms with Gasteiger partial charge in [-0.25, -0.2) is 14.0 Å². The molecule has 4 aliphatic rings. The number of aliphatic carboxylic acids is 2. The van der Waals surface area contributed by atoms with Crippen LogP contribution in [0, 0.1) is 17.7 Å². The number of piperazine rings is 1. The number of imide groups is 1. The molecule has 2 aliphatic heterocycles. The van der Waals surface area contributed by atoms with Gasteiger partial charge in [0.25, 0.3) is 0 Å². The largest absolute Gasteiger partial charge is 0.488 e. The fourth-order valence-electron chi connectivity index (χ4n) is 5.81. The highest BCUT2D eigenvalue weighted by Crippen LogP contribution is 2.35. The Hall–Kier alpha value is -4.06. The van der Waals surface area contributed by atoms with E-state index in [1.165, 1.54) is 29.9 Å². The number of hydrogen-bond acceptors (Lipinski definition) is 8. The molecule has 12 heteroatoms. The highest BCUT2D eigenvalue weighted by molar-refractivity contribution is 6.07. The van der Waals surface area contributed by atoms with Gasteiger partial charge in [-0.1, -0.05) is 12.2 Å². The molecular formula is C30H36FN3O8. The maximum Gasteiger partial charge on any atom is 0.328 e. The SMILES string of the molecule is O=C(CN1CCN(c2cc(F)ccc2OC2CCCC2)CC1)CN1C(=O)C2CC=CCC2C1=O.O=C(O)C=CC(=O)O. The zero-order valence-corrected chi connectivity index (χ0v) is 23.3. The molecule has 42 heavy (non-hydrogen) atoms. The number of amides is 2. The summed E-state index contributed by atoms with van der Waals surface area (Å²) in [6.45, 7) is 2.63. The number of rotatable bonds is 9. The first-order valence-electron chi connectivity index (χ1n) is 14.2. The highest BCUT2D eigenvalue weighted by atomic mass is 19.1. The van der Waals surface area contributed by atoms with Gasteiger partial charge in [-0.05, 0) is 50.7 Å². The zero-order valence-electron chi connectivity index (χ0n) is 23.3. The molecule has 2 aliphatic carbocycles. The zero-order chi connectivity index (χ0) is 30.2. The van der Waals surface area contributed by atoms with Crippen LogP contribution in [0.25, 0.3) is 0 Å². The molecule has 2 atom stereocenters. The second kappa shape index (κ2) is 14.2. The number of nitrogens with zero attached hydrogens (tertiary/aromatic N) is 3. The third-order valence-corrected chi connectivity index (χ3v) is 7.93. The molecule has 0 aromatic heterocycles. The van der Waals surface area contributed by atoms with Crippen LogP contribution in [0.4, 0.5) is 10.1 Å². The number of ketones is 1. The van der Waals surface area contributed by atoms with Crippen molar-refractivity contribution in [1.29, 1.82) is 0 Å². The molecule has 0 radical (unpaired) electrons. The summed E-state index contributed by atoms with van der Waals surface area (Å²) in [5.41, 5.74) is 0.766. The lowest BCUT2D eigenvalue weighted by Crippen LogP contribution is -2.49. The van der Waals surface area contributed by atoms with E-state index >= 15 is 0 Å². The maximum absolute atomic E-state index is 14.0. The van der Waals surface area contributed by atoms with E-state index in [2.05, 4.69) is 4.90 Å². The Morgan fingerprint density at radius 1 is 0.881 bits per heavy atom. The Labute approximate surface area is 243 Å². The van der Waals surface area contributed by atoms with E-state index in [4.69, 9.17) is 14.9 Å². The number of benzene rings is 1. The van der Waals surface area contributed by atoms with Gasteiger partial charge < -0.3 is 19.8 Å². The van der Waals surface area contributed by atoms with Gasteiger partial charge in [0.2, 0.25) is 11.8 Å². The quantitative estimate of drug-likeness (QED) is 0.252. The molecule has 1 aromatic carbocycles. The third-order valence-electron chi connectivity index (χ3n) is 7.93. The average Bonchev–Trinajstić information content (AvgIpc) is 3.56. The van der Waals surface area contributed by atoms with E-state index in [9.17, 15) is 28.4 Å². The molecule has 2 N–H and O–H groups in total. The minimum Gasteiger partial charge on any atom is -0.488 e. The van der Waals surface area contributed by atoms with Gasteiger partial charge in [0.1, 0.15) is 11.6 Å². The second-order valence-corrected chi connectivity index (χ2v) is 10.9. The summed E-state index contributed by atoms with van der Waals surface area (Å²) in [6, 6.07) is 4.69. The third kappa shape index (κ3) is 8.03. The van der Waals surface area contributed by atoms with Crippen LogP contribution < -0.4 is 9.64 Å². The van der Waals surface area contributed by atoms with Gasteiger partial charge >= 0.3 is 11.9 Å². The van der Waals surface area contributed by atoms with E-state index in [0.717, 1.165) is 24.3 Å². The standard InChI is InChI=1S/C26H32FN3O4.C4H4O4/c27-18-9-10-24(34-20-5-1-2-6-20)23(15-18)29-13-11-28(12-14-29)16-19(31)17-30-25(32)21-7-3-4-8-22(21)26(30)33;5-3(6)1-2-4(7)8/h3-4,9-10,15,20-22H,1-2,5-8,11-14,16-17H2;1-2H,(H,5,6)(H,7,8). The smallest absolute Gasteiger partial charge is 0.328 e. The Morgan fingerprint density at radius 3 is 2.00 bits per heavy atom. The highest BCUT2D eigenvalue weighted by Gasteiger charge is 2.47. The Balaban J connectivity index is 0.000000446. The number of anilines is 1. The number of carbonyl (C=O) groups excluding carboxylic acids is 3. The van der Waals surface area contributed by atoms with Crippen LogP contribution in [0.2, 0.25) is 0 Å². The summed E-state index contributed by atoms with van der Waals surface area (Å²) in [5.74, 6) is -3.24. The van der Waals surface area contributed by atoms with Crippen molar-refractivity contribution in [1.82, 2.24) is 9.80 Å². The van der Waals surface area contributed by atoms with Crippen molar-refractivity contribution in [2.24, 2.45) is 11.8 Å². The summed E-state index contributed by atoms with van der Waals surface area (Å²) in [6.07, 6.45) is 10.8. The number of carbonyl (C=O) groups is 5. The number of likely N-dealkylation sites (tertiary alicyclic amines) is 1. The van der Waals surface area contributed by atoms with Crippen LogP contribution >= 0.6 is 0 Å². The molecule has 5 rings (SSSR count). The van der Waals surface area contributed by atoms with Gasteiger partial charge in [0.15, 0.2) is 5.78 Å². The van der Waals surface area contributed by atoms with Gasteiger partial charge in [-0.3, -0.25) is 24.2 Å². The molecule has 3 fully saturated rings. The van der Waals surface area contributed by atoms with Crippen molar-refractivity contribution in [3.05, 3.63) is 48.3 Å². The Bertz CT molecular complexity index is 1210. The molecule has 11 nitrogen and oxygen atoms in total. The molecule has 226 valence electrons. The van der Waals surface area contributed by atoms with Gasteiger partial charge in [0.05, 0.1) is 36.7 Å². The summed E-state index contributed by atoms with van der Waals surface area (Å²) in [5, 5.41) is 15.6. The maximum atomic E-state index is 14.0. The van der Waals surface area contributed by atoms with Crippen molar-refractivity contribution in [2.75, 3.05) is 44.2 Å². The van der Waals surface area contributed by atoms with Crippen LogP contribution in [0.1, 0.15) is 38.5 Å². The van der Waals surface area contributed by atoms with Crippen LogP contribution in [0.15, 0.2) is 42.5 Å². The molecule has 2 amide bonds. The predicted octanol–water partition coefficient (Wildman–Crippen LogP) is 2.50. The minimum absolute atomic E-state index is 0.127. The number of carboxylic acid groups (broad SMARTS) is 2. The lowest BCUT2D eigenvalue weighted by molar-refractivity contribution is -0.143. The molecule has 2 heterocycles. The second-order valence-electron chi connectivity index (χ2n) is 10.9. The number of carboxylic acids is 2. The number of Topliss-reactive ketones (excluding diaryl/α,β-unsaturated/α-hetero) is 1. The normalized spacial score (nSPS) is 22.7. The van der Waals surface area contributed by atoms with Crippen LogP contribution in [0.5, 0.6) is 5.75 Å². The summed E-state index contributed by atoms with van der Waals surface area (Å²) in [7, 11) is 0. The topological polar surface area (TPSA) is 145 Å². The van der Waals surface area contributed by atoms with E-state index in [1.54, 1.807) is 6.07 Å². The summed E-state index contributed by atoms with van der Waals surface area (Å²) < 4.78 is 20.2. The first-order valence-corrected chi connectivity index (χ1v) is 14.2. The van der Waals surface area contributed by atoms with Crippen molar-refractivity contribution in [2.45, 2.75) is 44.6 Å². The van der Waals surface area contributed by atoms with E-state index in [0.29, 0.717) is 51.2 Å². The Morgan fingerprint density at radius 2 is 1.45 bits per heavy atom. The summed E-state index contributed by atoms with van der Waals surface area (Å²) >= 11 is 0. The van der Waals surface area contributed by atoms with Crippen LogP contribution in [0.3, 0.4) is 0 Å². The molecule has 2 unspecified atom stereocenters. The first kappa shape index (κ1) is 30.9. The average molecular weight is 586 g/mol. The molecule has 0 spiro atoms. The lowest BCUT2D eigenvalue weighted by atomic mass is 9.85. The Kier molecular flexibility index (Phi) is 10.5. The molecule has 0 bridgehead atoms. The fraction of sp³-hybridized carbons (Fsp3) is 0.500. The minimum atomic E-state index is -1.26. The number of halogens is 1. The van der Waals surface area contributed by atoms with Crippen molar-refractivity contribution < 1.29 is 43.3 Å². The van der Waals surface area contributed by atoms with E-state index < -0.39 is 11.9 Å². The van der Waals surface area contributed by atoms with Crippen molar-refractivity contribution in [3.8, 4) is 5.75 Å². The number of fused-ring (bicyclic) bond motifs is 1. The van der Waals surface area contributed by atoms with E-state index in [-0.39, 0.29) is 54.4 Å². The van der Waals surface area contributed by atoms with Crippen molar-refractivity contribution >= 4 is 35.2 Å². The molecular weight excluding hydrogens is 549 g/mol. The van der Waals surface area contributed by atoms with Crippen molar-refractivity contribution in [3.63, 3.8) is 0 Å². The number of ether oxygens (including phenoxy) is 1. The summed E-state index contributed by atoms with van der Waals surface area (Å²) in [4.78, 5) is 62.4. The van der Waals surface area contributed by atoms with E-state index in [1.807, 2.05) is 17.1 Å². The number of allylic oxidation sites excluding steroid dienone is 2. The predicted molar refractivity (Wildman–Crippen MR) is 149 cm³/mol. The van der Waals surface area contributed by atoms with Gasteiger partial charge in [0, 0.05) is 44.4 Å². The monoisotopic (exact) mass is 585 g/mol.